The van der Waals surface area contributed by atoms with Crippen LogP contribution in [0.5, 0.6) is 17.2 Å². The number of ether oxygens (including phenoxy) is 2. The molecule has 3 aromatic carbocycles. The Kier molecular flexibility index (Phi) is 9.25. The molecule has 1 unspecified atom stereocenters. The molecule has 0 fully saturated rings. The van der Waals surface area contributed by atoms with Gasteiger partial charge in [0.15, 0.2) is 11.5 Å². The molecule has 0 aliphatic rings. The Morgan fingerprint density at radius 2 is 1.82 bits per heavy atom. The fraction of sp³-hybridized carbons (Fsp3) is 0.321. The van der Waals surface area contributed by atoms with E-state index in [2.05, 4.69) is 38.1 Å². The Morgan fingerprint density at radius 1 is 1.03 bits per heavy atom. The summed E-state index contributed by atoms with van der Waals surface area (Å²) >= 11 is 1.79. The highest BCUT2D eigenvalue weighted by atomic mass is 32.2. The van der Waals surface area contributed by atoms with Crippen LogP contribution in [0.25, 0.3) is 0 Å². The summed E-state index contributed by atoms with van der Waals surface area (Å²) in [6.45, 7) is 6.25. The highest BCUT2D eigenvalue weighted by Gasteiger charge is 2.12. The van der Waals surface area contributed by atoms with Crippen LogP contribution in [0.15, 0.2) is 71.6 Å². The molecular formula is C28H32O4S. The normalized spacial score (nSPS) is 11.7. The van der Waals surface area contributed by atoms with Crippen molar-refractivity contribution in [3.05, 3.63) is 83.4 Å². The van der Waals surface area contributed by atoms with Gasteiger partial charge < -0.3 is 14.6 Å². The van der Waals surface area contributed by atoms with Crippen LogP contribution in [0, 0.1) is 6.92 Å². The third-order valence-electron chi connectivity index (χ3n) is 5.43. The van der Waals surface area contributed by atoms with Gasteiger partial charge in [-0.05, 0) is 86.2 Å². The summed E-state index contributed by atoms with van der Waals surface area (Å²) in [5.41, 5.74) is 3.45. The molecule has 0 amide bonds. The van der Waals surface area contributed by atoms with Gasteiger partial charge in [0.1, 0.15) is 5.75 Å². The maximum Gasteiger partial charge on any atom is 0.303 e. The predicted octanol–water partition coefficient (Wildman–Crippen LogP) is 7.32. The lowest BCUT2D eigenvalue weighted by Crippen LogP contribution is -2.13. The number of carboxylic acids is 1. The smallest absolute Gasteiger partial charge is 0.303 e. The van der Waals surface area contributed by atoms with Crippen LogP contribution in [0.1, 0.15) is 43.4 Å². The molecule has 0 saturated carbocycles. The number of carboxylic acid groups (broad SMARTS) is 1. The Bertz CT molecular complexity index is 1050. The van der Waals surface area contributed by atoms with Crippen molar-refractivity contribution in [1.29, 1.82) is 0 Å². The van der Waals surface area contributed by atoms with Gasteiger partial charge in [-0.3, -0.25) is 4.79 Å². The van der Waals surface area contributed by atoms with E-state index < -0.39 is 5.97 Å². The SMILES string of the molecule is CCc1ccc(OC(C)CCSc2ccc(CCC(=O)O)c(C)c2)c(Oc2ccccc2)c1. The molecule has 0 radical (unpaired) electrons. The number of aliphatic carboxylic acids is 1. The number of hydrogen-bond donors (Lipinski definition) is 1. The molecule has 4 nitrogen and oxygen atoms in total. The van der Waals surface area contributed by atoms with E-state index in [1.54, 1.807) is 11.8 Å². The lowest BCUT2D eigenvalue weighted by molar-refractivity contribution is -0.136. The highest BCUT2D eigenvalue weighted by molar-refractivity contribution is 7.99. The first kappa shape index (κ1) is 24.7. The predicted molar refractivity (Wildman–Crippen MR) is 135 cm³/mol. The lowest BCUT2D eigenvalue weighted by atomic mass is 10.0. The number of hydrogen-bond acceptors (Lipinski definition) is 4. The molecule has 3 aromatic rings. The second kappa shape index (κ2) is 12.4. The van der Waals surface area contributed by atoms with Crippen molar-refractivity contribution >= 4 is 17.7 Å². The van der Waals surface area contributed by atoms with E-state index in [4.69, 9.17) is 14.6 Å². The highest BCUT2D eigenvalue weighted by Crippen LogP contribution is 2.34. The number of rotatable bonds is 12. The quantitative estimate of drug-likeness (QED) is 0.285. The van der Waals surface area contributed by atoms with E-state index in [9.17, 15) is 4.79 Å². The first-order valence-electron chi connectivity index (χ1n) is 11.4. The molecule has 3 rings (SSSR count). The molecule has 1 atom stereocenters. The zero-order chi connectivity index (χ0) is 23.6. The lowest BCUT2D eigenvalue weighted by Gasteiger charge is -2.18. The number of aryl methyl sites for hydroxylation is 3. The summed E-state index contributed by atoms with van der Waals surface area (Å²) < 4.78 is 12.4. The van der Waals surface area contributed by atoms with Crippen molar-refractivity contribution in [1.82, 2.24) is 0 Å². The number of thioether (sulfide) groups is 1. The van der Waals surface area contributed by atoms with Gasteiger partial charge >= 0.3 is 5.97 Å². The summed E-state index contributed by atoms with van der Waals surface area (Å²) in [5, 5.41) is 8.89. The van der Waals surface area contributed by atoms with Crippen LogP contribution in [-0.4, -0.2) is 22.9 Å². The van der Waals surface area contributed by atoms with E-state index >= 15 is 0 Å². The molecule has 174 valence electrons. The van der Waals surface area contributed by atoms with Crippen molar-refractivity contribution in [2.24, 2.45) is 0 Å². The zero-order valence-electron chi connectivity index (χ0n) is 19.5. The first-order chi connectivity index (χ1) is 15.9. The van der Waals surface area contributed by atoms with Gasteiger partial charge in [-0.25, -0.2) is 0 Å². The molecule has 0 saturated heterocycles. The van der Waals surface area contributed by atoms with Gasteiger partial charge in [-0.2, -0.15) is 0 Å². The monoisotopic (exact) mass is 464 g/mol. The van der Waals surface area contributed by atoms with E-state index in [1.807, 2.05) is 49.4 Å². The first-order valence-corrected chi connectivity index (χ1v) is 12.4. The molecule has 1 N–H and O–H groups in total. The molecule has 0 heterocycles. The summed E-state index contributed by atoms with van der Waals surface area (Å²) in [4.78, 5) is 12.0. The molecule has 0 aromatic heterocycles. The molecule has 5 heteroatoms. The van der Waals surface area contributed by atoms with Crippen molar-refractivity contribution in [2.45, 2.75) is 57.5 Å². The molecule has 0 aliphatic carbocycles. The van der Waals surface area contributed by atoms with Gasteiger partial charge in [0.2, 0.25) is 0 Å². The topological polar surface area (TPSA) is 55.8 Å². The van der Waals surface area contributed by atoms with E-state index in [0.29, 0.717) is 6.42 Å². The van der Waals surface area contributed by atoms with Gasteiger partial charge in [0.05, 0.1) is 6.10 Å². The number of benzene rings is 3. The Hall–Kier alpha value is -2.92. The number of para-hydroxylation sites is 1. The average Bonchev–Trinajstić information content (AvgIpc) is 2.80. The maximum absolute atomic E-state index is 10.8. The largest absolute Gasteiger partial charge is 0.487 e. The Labute approximate surface area is 201 Å². The van der Waals surface area contributed by atoms with Crippen LogP contribution in [0.2, 0.25) is 0 Å². The molecular weight excluding hydrogens is 432 g/mol. The third-order valence-corrected chi connectivity index (χ3v) is 6.46. The molecule has 0 bridgehead atoms. The Balaban J connectivity index is 1.56. The summed E-state index contributed by atoms with van der Waals surface area (Å²) in [7, 11) is 0. The standard InChI is InChI=1S/C28H32O4S/c1-4-22-10-14-26(27(19-22)32-24-8-6-5-7-9-24)31-21(3)16-17-33-25-13-11-23(20(2)18-25)12-15-28(29)30/h5-11,13-14,18-19,21H,4,12,15-17H2,1-3H3,(H,29,30). The van der Waals surface area contributed by atoms with Crippen LogP contribution in [-0.2, 0) is 17.6 Å². The van der Waals surface area contributed by atoms with Crippen LogP contribution in [0.3, 0.4) is 0 Å². The second-order valence-electron chi connectivity index (χ2n) is 8.10. The fourth-order valence-electron chi connectivity index (χ4n) is 3.46. The minimum Gasteiger partial charge on any atom is -0.487 e. The maximum atomic E-state index is 10.8. The molecule has 33 heavy (non-hydrogen) atoms. The van der Waals surface area contributed by atoms with Gasteiger partial charge in [-0.1, -0.05) is 37.3 Å². The summed E-state index contributed by atoms with van der Waals surface area (Å²) in [5.74, 6) is 2.46. The van der Waals surface area contributed by atoms with Crippen molar-refractivity contribution in [2.75, 3.05) is 5.75 Å². The van der Waals surface area contributed by atoms with E-state index in [-0.39, 0.29) is 12.5 Å². The summed E-state index contributed by atoms with van der Waals surface area (Å²) in [6.07, 6.45) is 2.61. The molecule has 0 aliphatic heterocycles. The fourth-order valence-corrected chi connectivity index (χ4v) is 4.57. The van der Waals surface area contributed by atoms with Crippen molar-refractivity contribution in [3.63, 3.8) is 0 Å². The van der Waals surface area contributed by atoms with Crippen LogP contribution >= 0.6 is 11.8 Å². The van der Waals surface area contributed by atoms with Gasteiger partial charge in [-0.15, -0.1) is 11.8 Å². The van der Waals surface area contributed by atoms with Crippen molar-refractivity contribution < 1.29 is 19.4 Å². The third kappa shape index (κ3) is 7.86. The van der Waals surface area contributed by atoms with Crippen molar-refractivity contribution in [3.8, 4) is 17.2 Å². The second-order valence-corrected chi connectivity index (χ2v) is 9.27. The van der Waals surface area contributed by atoms with E-state index in [1.165, 1.54) is 10.5 Å². The summed E-state index contributed by atoms with van der Waals surface area (Å²) in [6, 6.07) is 22.2. The Morgan fingerprint density at radius 3 is 2.52 bits per heavy atom. The zero-order valence-corrected chi connectivity index (χ0v) is 20.4. The van der Waals surface area contributed by atoms with Crippen LogP contribution in [0.4, 0.5) is 0 Å². The average molecular weight is 465 g/mol. The van der Waals surface area contributed by atoms with E-state index in [0.717, 1.165) is 47.0 Å². The van der Waals surface area contributed by atoms with Gasteiger partial charge in [0.25, 0.3) is 0 Å². The minimum absolute atomic E-state index is 0.0408. The minimum atomic E-state index is -0.761. The number of carbonyl (C=O) groups is 1. The van der Waals surface area contributed by atoms with Crippen LogP contribution < -0.4 is 9.47 Å². The van der Waals surface area contributed by atoms with Gasteiger partial charge in [0, 0.05) is 17.1 Å². The molecule has 0 spiro atoms.